The fourth-order valence-electron chi connectivity index (χ4n) is 2.47. The molecule has 0 aliphatic heterocycles. The minimum Gasteiger partial charge on any atom is -0.343 e. The van der Waals surface area contributed by atoms with Crippen molar-refractivity contribution >= 4 is 6.08 Å². The molecule has 0 saturated heterocycles. The van der Waals surface area contributed by atoms with Gasteiger partial charge in [-0.3, -0.25) is 0 Å². The Morgan fingerprint density at radius 2 is 2.20 bits per heavy atom. The van der Waals surface area contributed by atoms with Gasteiger partial charge in [0.25, 0.3) is 0 Å². The van der Waals surface area contributed by atoms with Crippen LogP contribution in [0.1, 0.15) is 17.7 Å². The predicted molar refractivity (Wildman–Crippen MR) is 74.1 cm³/mol. The van der Waals surface area contributed by atoms with Crippen molar-refractivity contribution in [1.82, 2.24) is 29.7 Å². The van der Waals surface area contributed by atoms with E-state index in [1.807, 2.05) is 10.7 Å². The van der Waals surface area contributed by atoms with E-state index in [1.54, 1.807) is 18.6 Å². The van der Waals surface area contributed by atoms with Crippen LogP contribution in [-0.2, 0) is 6.42 Å². The van der Waals surface area contributed by atoms with Crippen LogP contribution in [0.3, 0.4) is 0 Å². The van der Waals surface area contributed by atoms with Crippen molar-refractivity contribution < 1.29 is 0 Å². The van der Waals surface area contributed by atoms with Gasteiger partial charge in [-0.15, -0.1) is 0 Å². The van der Waals surface area contributed by atoms with Gasteiger partial charge in [-0.2, -0.15) is 5.10 Å². The number of imidazole rings is 1. The number of aromatic amines is 1. The number of nitrogens with zero attached hydrogens (tertiary/aromatic N) is 5. The Hall–Kier alpha value is -2.76. The Kier molecular flexibility index (Phi) is 2.45. The maximum atomic E-state index is 4.69. The lowest BCUT2D eigenvalue weighted by Gasteiger charge is -2.08. The molecule has 3 aromatic heterocycles. The van der Waals surface area contributed by atoms with Crippen LogP contribution in [0.4, 0.5) is 0 Å². The summed E-state index contributed by atoms with van der Waals surface area (Å²) in [4.78, 5) is 15.7. The third-order valence-corrected chi connectivity index (χ3v) is 3.36. The number of fused-ring (bicyclic) bond motifs is 1. The number of hydrogen-bond acceptors (Lipinski definition) is 4. The molecule has 1 N–H and O–H groups in total. The van der Waals surface area contributed by atoms with E-state index in [9.17, 15) is 0 Å². The topological polar surface area (TPSA) is 72.3 Å². The maximum Gasteiger partial charge on any atom is 0.158 e. The molecule has 0 fully saturated rings. The van der Waals surface area contributed by atoms with E-state index in [-0.39, 0.29) is 0 Å². The predicted octanol–water partition coefficient (Wildman–Crippen LogP) is 2.01. The summed E-state index contributed by atoms with van der Waals surface area (Å²) >= 11 is 0. The van der Waals surface area contributed by atoms with Gasteiger partial charge >= 0.3 is 0 Å². The zero-order chi connectivity index (χ0) is 13.4. The molecule has 1 aliphatic rings. The van der Waals surface area contributed by atoms with Crippen molar-refractivity contribution in [3.63, 3.8) is 0 Å². The number of allylic oxidation sites excluding steroid dienone is 1. The van der Waals surface area contributed by atoms with E-state index in [4.69, 9.17) is 0 Å². The number of aromatic nitrogens is 6. The number of H-pyrrole nitrogens is 1. The van der Waals surface area contributed by atoms with E-state index in [0.717, 1.165) is 41.4 Å². The highest BCUT2D eigenvalue weighted by Crippen LogP contribution is 2.29. The third-order valence-electron chi connectivity index (χ3n) is 3.36. The molecule has 0 saturated carbocycles. The Bertz CT molecular complexity index is 755. The van der Waals surface area contributed by atoms with Crippen molar-refractivity contribution in [1.29, 1.82) is 0 Å². The van der Waals surface area contributed by atoms with Crippen molar-refractivity contribution in [3.05, 3.63) is 48.3 Å². The molecule has 3 heterocycles. The number of nitrogens with one attached hydrogen (secondary N) is 1. The van der Waals surface area contributed by atoms with Gasteiger partial charge in [-0.05, 0) is 12.8 Å². The number of rotatable bonds is 2. The van der Waals surface area contributed by atoms with Crippen LogP contribution in [0.15, 0.2) is 37.1 Å². The second-order valence-electron chi connectivity index (χ2n) is 4.57. The summed E-state index contributed by atoms with van der Waals surface area (Å²) in [5, 5.41) is 4.69. The first kappa shape index (κ1) is 11.1. The smallest absolute Gasteiger partial charge is 0.158 e. The fraction of sp³-hybridized carbons (Fsp3) is 0.143. The van der Waals surface area contributed by atoms with E-state index in [1.165, 1.54) is 6.33 Å². The van der Waals surface area contributed by atoms with Gasteiger partial charge in [-0.1, -0.05) is 12.2 Å². The van der Waals surface area contributed by atoms with Crippen LogP contribution >= 0.6 is 0 Å². The minimum atomic E-state index is 0.778. The Morgan fingerprint density at radius 3 is 3.00 bits per heavy atom. The largest absolute Gasteiger partial charge is 0.343 e. The van der Waals surface area contributed by atoms with Gasteiger partial charge in [0.05, 0.1) is 5.69 Å². The molecule has 0 amide bonds. The normalized spacial score (nSPS) is 13.4. The quantitative estimate of drug-likeness (QED) is 0.768. The lowest BCUT2D eigenvalue weighted by Crippen LogP contribution is -2.06. The summed E-state index contributed by atoms with van der Waals surface area (Å²) < 4.78 is 1.89. The Labute approximate surface area is 115 Å². The maximum absolute atomic E-state index is 4.69. The highest BCUT2D eigenvalue weighted by molar-refractivity contribution is 5.71. The molecule has 4 rings (SSSR count). The molecule has 1 aliphatic carbocycles. The molecular formula is C14H12N6. The first-order valence-electron chi connectivity index (χ1n) is 6.48. The molecule has 0 bridgehead atoms. The lowest BCUT2D eigenvalue weighted by molar-refractivity contribution is 0.766. The monoisotopic (exact) mass is 264 g/mol. The van der Waals surface area contributed by atoms with Gasteiger partial charge < -0.3 is 4.98 Å². The Balaban J connectivity index is 1.95. The van der Waals surface area contributed by atoms with Crippen LogP contribution in [0, 0.1) is 0 Å². The summed E-state index contributed by atoms with van der Waals surface area (Å²) in [6, 6.07) is 1.86. The van der Waals surface area contributed by atoms with Crippen molar-refractivity contribution in [2.75, 3.05) is 0 Å². The van der Waals surface area contributed by atoms with E-state index in [2.05, 4.69) is 37.2 Å². The molecule has 6 heteroatoms. The van der Waals surface area contributed by atoms with Crippen LogP contribution < -0.4 is 0 Å². The van der Waals surface area contributed by atoms with Gasteiger partial charge in [0.2, 0.25) is 0 Å². The molecule has 0 aromatic carbocycles. The van der Waals surface area contributed by atoms with Crippen molar-refractivity contribution in [2.24, 2.45) is 0 Å². The highest BCUT2D eigenvalue weighted by atomic mass is 15.3. The zero-order valence-electron chi connectivity index (χ0n) is 10.7. The molecule has 6 nitrogen and oxygen atoms in total. The molecule has 0 atom stereocenters. The number of hydrogen-bond donors (Lipinski definition) is 1. The van der Waals surface area contributed by atoms with Gasteiger partial charge in [0, 0.05) is 30.2 Å². The molecule has 0 unspecified atom stereocenters. The summed E-state index contributed by atoms with van der Waals surface area (Å²) in [7, 11) is 0. The van der Waals surface area contributed by atoms with E-state index in [0.29, 0.717) is 0 Å². The second kappa shape index (κ2) is 4.41. The summed E-state index contributed by atoms with van der Waals surface area (Å²) in [5.41, 5.74) is 3.14. The lowest BCUT2D eigenvalue weighted by atomic mass is 10.0. The van der Waals surface area contributed by atoms with Gasteiger partial charge in [0.1, 0.15) is 12.0 Å². The molecule has 20 heavy (non-hydrogen) atoms. The molecule has 3 aromatic rings. The van der Waals surface area contributed by atoms with Gasteiger partial charge in [0.15, 0.2) is 11.6 Å². The average molecular weight is 264 g/mol. The highest BCUT2D eigenvalue weighted by Gasteiger charge is 2.21. The zero-order valence-corrected chi connectivity index (χ0v) is 10.7. The van der Waals surface area contributed by atoms with E-state index >= 15 is 0 Å². The van der Waals surface area contributed by atoms with E-state index < -0.39 is 0 Å². The average Bonchev–Trinajstić information content (AvgIpc) is 3.15. The van der Waals surface area contributed by atoms with Crippen LogP contribution in [0.25, 0.3) is 23.4 Å². The molecular weight excluding hydrogens is 252 g/mol. The van der Waals surface area contributed by atoms with Crippen molar-refractivity contribution in [3.8, 4) is 17.3 Å². The first-order chi connectivity index (χ1) is 9.93. The minimum absolute atomic E-state index is 0.778. The fourth-order valence-corrected chi connectivity index (χ4v) is 2.47. The second-order valence-corrected chi connectivity index (χ2v) is 4.57. The standard InChI is InChI=1S/C14H12N6/c1-2-4-11-10(3-1)13(14-16-7-8-17-14)19-20(11)12-5-6-15-9-18-12/h1,3,5-9H,2,4H2,(H,16,17). The summed E-state index contributed by atoms with van der Waals surface area (Å²) in [5.74, 6) is 1.56. The van der Waals surface area contributed by atoms with Crippen LogP contribution in [0.5, 0.6) is 0 Å². The third kappa shape index (κ3) is 1.65. The molecule has 0 radical (unpaired) electrons. The summed E-state index contributed by atoms with van der Waals surface area (Å²) in [6.45, 7) is 0. The SMILES string of the molecule is C1=Cc2c(-c3ncc[nH]3)nn(-c3ccncn3)c2CC1. The molecule has 0 spiro atoms. The van der Waals surface area contributed by atoms with Crippen LogP contribution in [-0.4, -0.2) is 29.7 Å². The van der Waals surface area contributed by atoms with Crippen LogP contribution in [0.2, 0.25) is 0 Å². The molecule has 98 valence electrons. The summed E-state index contributed by atoms with van der Waals surface area (Å²) in [6.07, 6.45) is 13.0. The van der Waals surface area contributed by atoms with Crippen molar-refractivity contribution in [2.45, 2.75) is 12.8 Å². The Morgan fingerprint density at radius 1 is 1.20 bits per heavy atom. The first-order valence-corrected chi connectivity index (χ1v) is 6.48. The van der Waals surface area contributed by atoms with Gasteiger partial charge in [-0.25, -0.2) is 19.6 Å².